The van der Waals surface area contributed by atoms with Crippen LogP contribution in [-0.2, 0) is 0 Å². The van der Waals surface area contributed by atoms with E-state index >= 15 is 0 Å². The van der Waals surface area contributed by atoms with Gasteiger partial charge in [-0.15, -0.1) is 0 Å². The third kappa shape index (κ3) is 40.4. The second-order valence-corrected chi connectivity index (χ2v) is 17.4. The van der Waals surface area contributed by atoms with Gasteiger partial charge < -0.3 is 5.32 Å². The molecule has 0 aliphatic rings. The van der Waals surface area contributed by atoms with Crippen molar-refractivity contribution >= 4 is 43.4 Å². The van der Waals surface area contributed by atoms with Gasteiger partial charge in [-0.3, -0.25) is 0 Å². The van der Waals surface area contributed by atoms with Gasteiger partial charge in [-0.2, -0.15) is 0 Å². The molecule has 1 N–H and O–H groups in total. The molecule has 6 heavy (non-hydrogen) atoms. The van der Waals surface area contributed by atoms with Crippen molar-refractivity contribution < 1.29 is 0 Å². The molecular formula is C2H7Br2NPb. The fourth-order valence-electron chi connectivity index (χ4n) is 0. The molecule has 1 nitrogen and oxygen atoms in total. The van der Waals surface area contributed by atoms with Gasteiger partial charge in [0.05, 0.1) is 0 Å². The zero-order valence-electron chi connectivity index (χ0n) is 3.76. The average molecular weight is 412 g/mol. The van der Waals surface area contributed by atoms with Crippen LogP contribution >= 0.6 is 24.0 Å². The first-order valence-corrected chi connectivity index (χ1v) is 18.2. The molecule has 0 amide bonds. The van der Waals surface area contributed by atoms with Gasteiger partial charge in [0.25, 0.3) is 0 Å². The van der Waals surface area contributed by atoms with Crippen LogP contribution in [0.5, 0.6) is 0 Å². The Bertz CT molecular complexity index is 13.5. The quantitative estimate of drug-likeness (QED) is 0.589. The predicted octanol–water partition coefficient (Wildman–Crippen LogP) is 1.15. The Hall–Kier alpha value is 1.84. The van der Waals surface area contributed by atoms with E-state index in [9.17, 15) is 0 Å². The SMILES string of the molecule is CNC.[Br][Pb][Br]. The van der Waals surface area contributed by atoms with Gasteiger partial charge in [-0.05, 0) is 14.1 Å². The molecule has 0 rings (SSSR count). The molecule has 0 fully saturated rings. The first-order chi connectivity index (χ1) is 2.83. The molecule has 38 valence electrons. The van der Waals surface area contributed by atoms with Crippen LogP contribution in [0.2, 0.25) is 0 Å². The maximum atomic E-state index is 3.26. The van der Waals surface area contributed by atoms with Crippen LogP contribution in [0.25, 0.3) is 0 Å². The number of hydrogen-bond donors (Lipinski definition) is 1. The minimum absolute atomic E-state index is 0.292. The van der Waals surface area contributed by atoms with Gasteiger partial charge in [-0.25, -0.2) is 0 Å². The Labute approximate surface area is 62.1 Å². The summed E-state index contributed by atoms with van der Waals surface area (Å²) in [6.45, 7) is 0. The fourth-order valence-corrected chi connectivity index (χ4v) is 0. The number of rotatable bonds is 0. The van der Waals surface area contributed by atoms with Gasteiger partial charge in [0.15, 0.2) is 0 Å². The molecule has 0 saturated carbocycles. The van der Waals surface area contributed by atoms with Crippen molar-refractivity contribution in [3.8, 4) is 0 Å². The average Bonchev–Trinajstić information content (AvgIpc) is 1.39. The summed E-state index contributed by atoms with van der Waals surface area (Å²) >= 11 is 6.22. The zero-order chi connectivity index (χ0) is 5.41. The third-order valence-electron chi connectivity index (χ3n) is 0. The molecule has 0 heterocycles. The molecule has 0 spiro atoms. The van der Waals surface area contributed by atoms with Crippen LogP contribution in [0.3, 0.4) is 0 Å². The first kappa shape index (κ1) is 10.8. The number of halogens is 2. The summed E-state index contributed by atoms with van der Waals surface area (Å²) in [6, 6.07) is 0. The van der Waals surface area contributed by atoms with E-state index in [4.69, 9.17) is 0 Å². The monoisotopic (exact) mass is 411 g/mol. The minimum atomic E-state index is -0.292. The van der Waals surface area contributed by atoms with E-state index in [1.165, 1.54) is 0 Å². The van der Waals surface area contributed by atoms with Crippen molar-refractivity contribution in [2.75, 3.05) is 14.1 Å². The van der Waals surface area contributed by atoms with Crippen LogP contribution in [0.15, 0.2) is 0 Å². The number of nitrogens with one attached hydrogen (secondary N) is 1. The molecule has 0 aromatic heterocycles. The Morgan fingerprint density at radius 3 is 1.33 bits per heavy atom. The van der Waals surface area contributed by atoms with E-state index in [-0.39, 0.29) is 19.4 Å². The summed E-state index contributed by atoms with van der Waals surface area (Å²) in [6.07, 6.45) is 0. The van der Waals surface area contributed by atoms with Crippen molar-refractivity contribution in [3.05, 3.63) is 0 Å². The molecule has 0 bridgehead atoms. The van der Waals surface area contributed by atoms with Crippen LogP contribution in [-0.4, -0.2) is 33.5 Å². The van der Waals surface area contributed by atoms with E-state index in [0.717, 1.165) is 0 Å². The normalized spacial score (nSPS) is 6.00. The van der Waals surface area contributed by atoms with Crippen molar-refractivity contribution in [1.82, 2.24) is 5.32 Å². The fraction of sp³-hybridized carbons (Fsp3) is 1.00. The molecular weight excluding hydrogens is 405 g/mol. The molecule has 0 atom stereocenters. The van der Waals surface area contributed by atoms with Crippen LogP contribution in [0, 0.1) is 0 Å². The summed E-state index contributed by atoms with van der Waals surface area (Å²) in [7, 11) is 3.75. The molecule has 2 radical (unpaired) electrons. The second-order valence-electron chi connectivity index (χ2n) is 0.571. The number of hydrogen-bond acceptors (Lipinski definition) is 1. The molecule has 0 saturated heterocycles. The molecule has 0 aliphatic heterocycles. The van der Waals surface area contributed by atoms with Gasteiger partial charge in [0.2, 0.25) is 0 Å². The predicted molar refractivity (Wildman–Crippen MR) is 38.6 cm³/mol. The summed E-state index contributed by atoms with van der Waals surface area (Å²) in [5, 5.41) is 2.75. The molecule has 0 aromatic rings. The van der Waals surface area contributed by atoms with Crippen molar-refractivity contribution in [2.24, 2.45) is 0 Å². The van der Waals surface area contributed by atoms with E-state index in [0.29, 0.717) is 0 Å². The van der Waals surface area contributed by atoms with Crippen molar-refractivity contribution in [2.45, 2.75) is 0 Å². The van der Waals surface area contributed by atoms with E-state index in [1.54, 1.807) is 0 Å². The van der Waals surface area contributed by atoms with Crippen LogP contribution in [0.4, 0.5) is 0 Å². The zero-order valence-corrected chi connectivity index (χ0v) is 10.8. The molecule has 0 aliphatic carbocycles. The van der Waals surface area contributed by atoms with E-state index < -0.39 is 0 Å². The van der Waals surface area contributed by atoms with E-state index in [1.807, 2.05) is 14.1 Å². The van der Waals surface area contributed by atoms with Gasteiger partial charge >= 0.3 is 43.4 Å². The van der Waals surface area contributed by atoms with Crippen LogP contribution in [0.1, 0.15) is 0 Å². The van der Waals surface area contributed by atoms with Gasteiger partial charge in [-0.1, -0.05) is 0 Å². The van der Waals surface area contributed by atoms with E-state index in [2.05, 4.69) is 29.3 Å². The third-order valence-corrected chi connectivity index (χ3v) is 0. The second kappa shape index (κ2) is 15.8. The molecule has 4 heteroatoms. The topological polar surface area (TPSA) is 12.0 Å². The first-order valence-electron chi connectivity index (χ1n) is 1.38. The molecule has 0 unspecified atom stereocenters. The summed E-state index contributed by atoms with van der Waals surface area (Å²) in [5.41, 5.74) is 0. The summed E-state index contributed by atoms with van der Waals surface area (Å²) in [5.74, 6) is 0. The Morgan fingerprint density at radius 2 is 1.33 bits per heavy atom. The van der Waals surface area contributed by atoms with Crippen molar-refractivity contribution in [3.63, 3.8) is 0 Å². The summed E-state index contributed by atoms with van der Waals surface area (Å²) in [4.78, 5) is 0. The van der Waals surface area contributed by atoms with Gasteiger partial charge in [0, 0.05) is 0 Å². The van der Waals surface area contributed by atoms with Crippen LogP contribution < -0.4 is 5.32 Å². The maximum absolute atomic E-state index is 3.26. The Kier molecular flexibility index (Phi) is 28.4. The summed E-state index contributed by atoms with van der Waals surface area (Å²) < 4.78 is 0. The van der Waals surface area contributed by atoms with Gasteiger partial charge in [0.1, 0.15) is 0 Å². The Balaban J connectivity index is 0. The molecule has 0 aromatic carbocycles. The Morgan fingerprint density at radius 1 is 1.33 bits per heavy atom. The standard InChI is InChI=1S/C2H7N.2BrH.Pb/c1-3-2;;;/h3H,1-2H3;2*1H;/q;;;+2/p-2. The van der Waals surface area contributed by atoms with Crippen molar-refractivity contribution in [1.29, 1.82) is 0 Å².